The number of piperidine rings is 1. The van der Waals surface area contributed by atoms with Crippen molar-refractivity contribution in [3.63, 3.8) is 0 Å². The normalized spacial score (nSPS) is 23.9. The van der Waals surface area contributed by atoms with E-state index in [4.69, 9.17) is 4.74 Å². The van der Waals surface area contributed by atoms with Crippen LogP contribution in [0, 0.1) is 0 Å². The number of aryl methyl sites for hydroxylation is 1. The van der Waals surface area contributed by atoms with Gasteiger partial charge in [-0.3, -0.25) is 9.69 Å². The summed E-state index contributed by atoms with van der Waals surface area (Å²) in [6, 6.07) is 11.3. The van der Waals surface area contributed by atoms with Crippen molar-refractivity contribution in [3.8, 4) is 0 Å². The number of carbonyl (C=O) groups is 1. The Morgan fingerprint density at radius 2 is 1.91 bits per heavy atom. The molecule has 1 aromatic carbocycles. The molecule has 4 heteroatoms. The Morgan fingerprint density at radius 3 is 2.61 bits per heavy atom. The Balaban J connectivity index is 1.46. The molecule has 4 nitrogen and oxygen atoms in total. The predicted octanol–water partition coefficient (Wildman–Crippen LogP) is 2.33. The molecule has 0 aromatic heterocycles. The minimum absolute atomic E-state index is 0.214. The lowest BCUT2D eigenvalue weighted by Crippen LogP contribution is -2.52. The molecule has 3 rings (SSSR count). The fourth-order valence-electron chi connectivity index (χ4n) is 3.77. The molecule has 23 heavy (non-hydrogen) atoms. The van der Waals surface area contributed by atoms with Crippen molar-refractivity contribution in [2.24, 2.45) is 0 Å². The third-order valence-corrected chi connectivity index (χ3v) is 5.19. The average Bonchev–Trinajstić information content (AvgIpc) is 2.61. The third kappa shape index (κ3) is 4.55. The number of morpholine rings is 1. The predicted molar refractivity (Wildman–Crippen MR) is 91.4 cm³/mol. The first-order chi connectivity index (χ1) is 11.2. The highest BCUT2D eigenvalue weighted by atomic mass is 16.5. The second kappa shape index (κ2) is 7.93. The number of ether oxygens (including phenoxy) is 1. The van der Waals surface area contributed by atoms with Gasteiger partial charge in [0.15, 0.2) is 0 Å². The third-order valence-electron chi connectivity index (χ3n) is 5.19. The van der Waals surface area contributed by atoms with E-state index in [-0.39, 0.29) is 5.91 Å². The van der Waals surface area contributed by atoms with Crippen LogP contribution in [0.15, 0.2) is 30.3 Å². The number of nitrogens with zero attached hydrogens (tertiary/aromatic N) is 2. The second-order valence-electron chi connectivity index (χ2n) is 6.75. The summed E-state index contributed by atoms with van der Waals surface area (Å²) in [5.41, 5.74) is 1.39. The fraction of sp³-hybridized carbons (Fsp3) is 0.632. The highest BCUT2D eigenvalue weighted by Gasteiger charge is 2.29. The van der Waals surface area contributed by atoms with Gasteiger partial charge in [-0.1, -0.05) is 30.3 Å². The van der Waals surface area contributed by atoms with E-state index in [2.05, 4.69) is 35.2 Å². The summed E-state index contributed by atoms with van der Waals surface area (Å²) in [6.07, 6.45) is 4.72. The van der Waals surface area contributed by atoms with Crippen LogP contribution in [-0.2, 0) is 16.0 Å². The molecule has 2 fully saturated rings. The van der Waals surface area contributed by atoms with Crippen LogP contribution in [0.25, 0.3) is 0 Å². The smallest absolute Gasteiger partial charge is 0.219 e. The largest absolute Gasteiger partial charge is 0.376 e. The van der Waals surface area contributed by atoms with Crippen LogP contribution in [0.2, 0.25) is 0 Å². The maximum atomic E-state index is 11.4. The van der Waals surface area contributed by atoms with Gasteiger partial charge < -0.3 is 9.64 Å². The van der Waals surface area contributed by atoms with Gasteiger partial charge >= 0.3 is 0 Å². The first-order valence-corrected chi connectivity index (χ1v) is 8.87. The SMILES string of the molecule is CC(=O)N1CCC(N2CCO[C@H](CCc3ccccc3)C2)CC1. The van der Waals surface area contributed by atoms with Crippen molar-refractivity contribution in [1.82, 2.24) is 9.80 Å². The van der Waals surface area contributed by atoms with E-state index in [9.17, 15) is 4.79 Å². The number of amides is 1. The summed E-state index contributed by atoms with van der Waals surface area (Å²) in [6.45, 7) is 6.41. The number of benzene rings is 1. The Hall–Kier alpha value is -1.39. The molecule has 0 saturated carbocycles. The fourth-order valence-corrected chi connectivity index (χ4v) is 3.77. The van der Waals surface area contributed by atoms with E-state index in [1.807, 2.05) is 4.90 Å². The average molecular weight is 316 g/mol. The van der Waals surface area contributed by atoms with Crippen LogP contribution >= 0.6 is 0 Å². The quantitative estimate of drug-likeness (QED) is 0.855. The first-order valence-electron chi connectivity index (χ1n) is 8.87. The second-order valence-corrected chi connectivity index (χ2v) is 6.75. The van der Waals surface area contributed by atoms with Gasteiger partial charge in [-0.15, -0.1) is 0 Å². The Bertz CT molecular complexity index is 497. The van der Waals surface area contributed by atoms with E-state index < -0.39 is 0 Å². The van der Waals surface area contributed by atoms with Crippen LogP contribution in [0.4, 0.5) is 0 Å². The molecule has 2 heterocycles. The molecule has 0 radical (unpaired) electrons. The van der Waals surface area contributed by atoms with Crippen LogP contribution in [0.1, 0.15) is 31.7 Å². The van der Waals surface area contributed by atoms with Gasteiger partial charge in [0.25, 0.3) is 0 Å². The van der Waals surface area contributed by atoms with Crippen LogP contribution < -0.4 is 0 Å². The summed E-state index contributed by atoms with van der Waals surface area (Å²) >= 11 is 0. The van der Waals surface area contributed by atoms with Gasteiger partial charge in [-0.2, -0.15) is 0 Å². The van der Waals surface area contributed by atoms with Crippen molar-refractivity contribution in [2.45, 2.75) is 44.8 Å². The lowest BCUT2D eigenvalue weighted by Gasteiger charge is -2.42. The molecule has 1 aromatic rings. The summed E-state index contributed by atoms with van der Waals surface area (Å²) in [7, 11) is 0. The zero-order valence-corrected chi connectivity index (χ0v) is 14.1. The highest BCUT2D eigenvalue weighted by Crippen LogP contribution is 2.21. The zero-order valence-electron chi connectivity index (χ0n) is 14.1. The molecule has 2 saturated heterocycles. The van der Waals surface area contributed by atoms with Crippen LogP contribution in [0.5, 0.6) is 0 Å². The van der Waals surface area contributed by atoms with E-state index >= 15 is 0 Å². The molecule has 0 N–H and O–H groups in total. The molecular formula is C19H28N2O2. The highest BCUT2D eigenvalue weighted by molar-refractivity contribution is 5.73. The standard InChI is InChI=1S/C19H28N2O2/c1-16(22)20-11-9-18(10-12-20)21-13-14-23-19(15-21)8-7-17-5-3-2-4-6-17/h2-6,18-19H,7-15H2,1H3/t19-/m1/s1. The number of likely N-dealkylation sites (tertiary alicyclic amines) is 1. The molecule has 2 aliphatic rings. The van der Waals surface area contributed by atoms with E-state index in [0.29, 0.717) is 12.1 Å². The van der Waals surface area contributed by atoms with Crippen molar-refractivity contribution in [1.29, 1.82) is 0 Å². The van der Waals surface area contributed by atoms with Crippen molar-refractivity contribution in [3.05, 3.63) is 35.9 Å². The Morgan fingerprint density at radius 1 is 1.17 bits per heavy atom. The summed E-state index contributed by atoms with van der Waals surface area (Å²) in [4.78, 5) is 16.0. The van der Waals surface area contributed by atoms with Crippen molar-refractivity contribution >= 4 is 5.91 Å². The van der Waals surface area contributed by atoms with E-state index in [1.54, 1.807) is 6.92 Å². The van der Waals surface area contributed by atoms with Gasteiger partial charge in [0.05, 0.1) is 12.7 Å². The molecule has 0 aliphatic carbocycles. The monoisotopic (exact) mass is 316 g/mol. The van der Waals surface area contributed by atoms with Gasteiger partial charge in [0.1, 0.15) is 0 Å². The first kappa shape index (κ1) is 16.5. The Labute approximate surface area is 139 Å². The van der Waals surface area contributed by atoms with Crippen LogP contribution in [-0.4, -0.2) is 60.6 Å². The molecule has 0 spiro atoms. The molecule has 0 unspecified atom stereocenters. The molecule has 1 amide bonds. The number of rotatable bonds is 4. The lowest BCUT2D eigenvalue weighted by atomic mass is 10.0. The maximum Gasteiger partial charge on any atom is 0.219 e. The van der Waals surface area contributed by atoms with Gasteiger partial charge in [0.2, 0.25) is 5.91 Å². The topological polar surface area (TPSA) is 32.8 Å². The van der Waals surface area contributed by atoms with E-state index in [0.717, 1.165) is 58.5 Å². The molecule has 2 aliphatic heterocycles. The molecule has 1 atom stereocenters. The minimum Gasteiger partial charge on any atom is -0.376 e. The maximum absolute atomic E-state index is 11.4. The number of carbonyl (C=O) groups excluding carboxylic acids is 1. The number of hydrogen-bond donors (Lipinski definition) is 0. The van der Waals surface area contributed by atoms with Crippen LogP contribution in [0.3, 0.4) is 0 Å². The van der Waals surface area contributed by atoms with Crippen molar-refractivity contribution < 1.29 is 9.53 Å². The Kier molecular flexibility index (Phi) is 5.68. The van der Waals surface area contributed by atoms with E-state index in [1.165, 1.54) is 5.56 Å². The summed E-state index contributed by atoms with van der Waals surface area (Å²) in [5.74, 6) is 0.214. The summed E-state index contributed by atoms with van der Waals surface area (Å²) in [5, 5.41) is 0. The molecule has 126 valence electrons. The summed E-state index contributed by atoms with van der Waals surface area (Å²) < 4.78 is 5.97. The van der Waals surface area contributed by atoms with Crippen molar-refractivity contribution in [2.75, 3.05) is 32.8 Å². The molecular weight excluding hydrogens is 288 g/mol. The van der Waals surface area contributed by atoms with Gasteiger partial charge in [-0.25, -0.2) is 0 Å². The van der Waals surface area contributed by atoms with Gasteiger partial charge in [0, 0.05) is 39.1 Å². The minimum atomic E-state index is 0.214. The molecule has 0 bridgehead atoms. The van der Waals surface area contributed by atoms with Gasteiger partial charge in [-0.05, 0) is 31.2 Å². The number of hydrogen-bond acceptors (Lipinski definition) is 3. The lowest BCUT2D eigenvalue weighted by molar-refractivity contribution is -0.131. The zero-order chi connectivity index (χ0) is 16.1.